The summed E-state index contributed by atoms with van der Waals surface area (Å²) in [5.74, 6) is 2.30. The molecular weight excluding hydrogens is 224 g/mol. The first-order chi connectivity index (χ1) is 8.67. The lowest BCUT2D eigenvalue weighted by Crippen LogP contribution is -2.28. The van der Waals surface area contributed by atoms with Crippen molar-refractivity contribution >= 4 is 0 Å². The van der Waals surface area contributed by atoms with Gasteiger partial charge in [-0.3, -0.25) is 0 Å². The number of rotatable bonds is 4. The van der Waals surface area contributed by atoms with Gasteiger partial charge in [0.05, 0.1) is 5.69 Å². The summed E-state index contributed by atoms with van der Waals surface area (Å²) >= 11 is 0. The third-order valence-corrected chi connectivity index (χ3v) is 3.56. The molecule has 1 aromatic heterocycles. The second-order valence-corrected chi connectivity index (χ2v) is 5.65. The van der Waals surface area contributed by atoms with E-state index in [0.717, 1.165) is 42.8 Å². The van der Waals surface area contributed by atoms with Crippen LogP contribution in [-0.2, 0) is 6.54 Å². The van der Waals surface area contributed by atoms with Crippen molar-refractivity contribution in [3.8, 4) is 5.88 Å². The Bertz CT molecular complexity index is 371. The summed E-state index contributed by atoms with van der Waals surface area (Å²) in [6.45, 7) is 5.42. The van der Waals surface area contributed by atoms with Crippen molar-refractivity contribution in [2.45, 2.75) is 45.8 Å². The van der Waals surface area contributed by atoms with Crippen LogP contribution < -0.4 is 10.1 Å². The van der Waals surface area contributed by atoms with Gasteiger partial charge in [-0.25, -0.2) is 4.98 Å². The molecule has 2 rings (SSSR count). The highest BCUT2D eigenvalue weighted by Gasteiger charge is 2.25. The number of nitrogens with zero attached hydrogens (tertiary/aromatic N) is 1. The van der Waals surface area contributed by atoms with E-state index in [1.54, 1.807) is 0 Å². The molecule has 100 valence electrons. The predicted molar refractivity (Wildman–Crippen MR) is 73.6 cm³/mol. The lowest BCUT2D eigenvalue weighted by molar-refractivity contribution is 0.0965. The van der Waals surface area contributed by atoms with Crippen molar-refractivity contribution in [1.82, 2.24) is 10.3 Å². The summed E-state index contributed by atoms with van der Waals surface area (Å²) < 4.78 is 6.04. The topological polar surface area (TPSA) is 34.1 Å². The van der Waals surface area contributed by atoms with Crippen LogP contribution in [0.1, 0.15) is 38.8 Å². The highest BCUT2D eigenvalue weighted by molar-refractivity contribution is 5.16. The van der Waals surface area contributed by atoms with Gasteiger partial charge in [-0.15, -0.1) is 0 Å². The molecule has 18 heavy (non-hydrogen) atoms. The number of hydrogen-bond acceptors (Lipinski definition) is 3. The first kappa shape index (κ1) is 13.3. The van der Waals surface area contributed by atoms with Crippen molar-refractivity contribution in [3.63, 3.8) is 0 Å². The van der Waals surface area contributed by atoms with E-state index >= 15 is 0 Å². The zero-order valence-corrected chi connectivity index (χ0v) is 11.6. The van der Waals surface area contributed by atoms with Crippen LogP contribution in [0.3, 0.4) is 0 Å². The SMILES string of the molecule is CNCc1cccc(OC2CC(C)CC(C)C2)n1. The first-order valence-corrected chi connectivity index (χ1v) is 6.94. The van der Waals surface area contributed by atoms with Crippen molar-refractivity contribution in [3.05, 3.63) is 23.9 Å². The molecular formula is C15H24N2O. The number of hydrogen-bond donors (Lipinski definition) is 1. The Balaban J connectivity index is 1.97. The van der Waals surface area contributed by atoms with Crippen molar-refractivity contribution < 1.29 is 4.74 Å². The van der Waals surface area contributed by atoms with Gasteiger partial charge in [0.25, 0.3) is 0 Å². The molecule has 3 nitrogen and oxygen atoms in total. The lowest BCUT2D eigenvalue weighted by atomic mass is 9.82. The molecule has 0 radical (unpaired) electrons. The Hall–Kier alpha value is -1.09. The maximum atomic E-state index is 6.04. The maximum Gasteiger partial charge on any atom is 0.213 e. The molecule has 0 bridgehead atoms. The summed E-state index contributed by atoms with van der Waals surface area (Å²) in [6.07, 6.45) is 3.97. The second kappa shape index (κ2) is 6.19. The van der Waals surface area contributed by atoms with E-state index in [4.69, 9.17) is 4.74 Å². The standard InChI is InChI=1S/C15H24N2O/c1-11-7-12(2)9-14(8-11)18-15-6-4-5-13(17-15)10-16-3/h4-6,11-12,14,16H,7-10H2,1-3H3. The molecule has 1 aromatic rings. The molecule has 2 unspecified atom stereocenters. The van der Waals surface area contributed by atoms with Gasteiger partial charge in [0.2, 0.25) is 5.88 Å². The van der Waals surface area contributed by atoms with Crippen LogP contribution in [-0.4, -0.2) is 18.1 Å². The molecule has 1 saturated carbocycles. The van der Waals surface area contributed by atoms with E-state index in [9.17, 15) is 0 Å². The fourth-order valence-electron chi connectivity index (χ4n) is 2.94. The number of nitrogens with one attached hydrogen (secondary N) is 1. The molecule has 3 heteroatoms. The highest BCUT2D eigenvalue weighted by atomic mass is 16.5. The number of aromatic nitrogens is 1. The lowest BCUT2D eigenvalue weighted by Gasteiger charge is -2.31. The van der Waals surface area contributed by atoms with E-state index in [2.05, 4.69) is 24.1 Å². The number of ether oxygens (including phenoxy) is 1. The Morgan fingerprint density at radius 1 is 1.22 bits per heavy atom. The van der Waals surface area contributed by atoms with E-state index in [0.29, 0.717) is 6.10 Å². The van der Waals surface area contributed by atoms with Gasteiger partial charge < -0.3 is 10.1 Å². The second-order valence-electron chi connectivity index (χ2n) is 5.65. The van der Waals surface area contributed by atoms with Crippen molar-refractivity contribution in [2.24, 2.45) is 11.8 Å². The van der Waals surface area contributed by atoms with Gasteiger partial charge in [0.15, 0.2) is 0 Å². The molecule has 0 spiro atoms. The molecule has 1 heterocycles. The van der Waals surface area contributed by atoms with E-state index in [1.807, 2.05) is 25.2 Å². The molecule has 2 atom stereocenters. The van der Waals surface area contributed by atoms with Crippen LogP contribution in [0.15, 0.2) is 18.2 Å². The van der Waals surface area contributed by atoms with Gasteiger partial charge in [-0.1, -0.05) is 19.9 Å². The van der Waals surface area contributed by atoms with Crippen LogP contribution in [0.25, 0.3) is 0 Å². The summed E-state index contributed by atoms with van der Waals surface area (Å²) in [5, 5.41) is 3.11. The third-order valence-electron chi connectivity index (χ3n) is 3.56. The average molecular weight is 248 g/mol. The summed E-state index contributed by atoms with van der Waals surface area (Å²) in [7, 11) is 1.93. The zero-order chi connectivity index (χ0) is 13.0. The Kier molecular flexibility index (Phi) is 4.59. The highest BCUT2D eigenvalue weighted by Crippen LogP contribution is 2.30. The summed E-state index contributed by atoms with van der Waals surface area (Å²) in [6, 6.07) is 6.00. The van der Waals surface area contributed by atoms with Crippen LogP contribution in [0.5, 0.6) is 5.88 Å². The van der Waals surface area contributed by atoms with E-state index in [-0.39, 0.29) is 0 Å². The van der Waals surface area contributed by atoms with Gasteiger partial charge >= 0.3 is 0 Å². The maximum absolute atomic E-state index is 6.04. The van der Waals surface area contributed by atoms with Crippen molar-refractivity contribution in [1.29, 1.82) is 0 Å². The van der Waals surface area contributed by atoms with Gasteiger partial charge in [-0.05, 0) is 44.2 Å². The minimum absolute atomic E-state index is 0.334. The van der Waals surface area contributed by atoms with E-state index < -0.39 is 0 Å². The smallest absolute Gasteiger partial charge is 0.213 e. The van der Waals surface area contributed by atoms with Crippen LogP contribution >= 0.6 is 0 Å². The quantitative estimate of drug-likeness (QED) is 0.889. The predicted octanol–water partition coefficient (Wildman–Crippen LogP) is 3.00. The third kappa shape index (κ3) is 3.70. The Labute approximate surface area is 110 Å². The molecule has 0 aromatic carbocycles. The average Bonchev–Trinajstić information content (AvgIpc) is 2.28. The summed E-state index contributed by atoms with van der Waals surface area (Å²) in [5.41, 5.74) is 1.03. The van der Waals surface area contributed by atoms with Crippen molar-refractivity contribution in [2.75, 3.05) is 7.05 Å². The zero-order valence-electron chi connectivity index (χ0n) is 11.6. The molecule has 0 saturated heterocycles. The largest absolute Gasteiger partial charge is 0.474 e. The van der Waals surface area contributed by atoms with Crippen LogP contribution in [0.2, 0.25) is 0 Å². The normalized spacial score (nSPS) is 28.1. The van der Waals surface area contributed by atoms with Gasteiger partial charge in [0.1, 0.15) is 6.10 Å². The summed E-state index contributed by atoms with van der Waals surface area (Å²) in [4.78, 5) is 4.52. The Morgan fingerprint density at radius 2 is 1.94 bits per heavy atom. The monoisotopic (exact) mass is 248 g/mol. The molecule has 1 aliphatic carbocycles. The molecule has 0 aliphatic heterocycles. The van der Waals surface area contributed by atoms with Gasteiger partial charge in [0, 0.05) is 12.6 Å². The van der Waals surface area contributed by atoms with Crippen LogP contribution in [0.4, 0.5) is 0 Å². The fraction of sp³-hybridized carbons (Fsp3) is 0.667. The molecule has 1 aliphatic rings. The molecule has 1 fully saturated rings. The Morgan fingerprint density at radius 3 is 2.61 bits per heavy atom. The number of pyridine rings is 1. The van der Waals surface area contributed by atoms with E-state index in [1.165, 1.54) is 6.42 Å². The first-order valence-electron chi connectivity index (χ1n) is 6.94. The minimum Gasteiger partial charge on any atom is -0.474 e. The minimum atomic E-state index is 0.334. The fourth-order valence-corrected chi connectivity index (χ4v) is 2.94. The molecule has 1 N–H and O–H groups in total. The van der Waals surface area contributed by atoms with Gasteiger partial charge in [-0.2, -0.15) is 0 Å². The molecule has 0 amide bonds. The van der Waals surface area contributed by atoms with Crippen LogP contribution in [0, 0.1) is 11.8 Å².